The highest BCUT2D eigenvalue weighted by Crippen LogP contribution is 2.30. The maximum Gasteiger partial charge on any atom is 0.109 e. The van der Waals surface area contributed by atoms with Crippen LogP contribution in [0.5, 0.6) is 0 Å². The van der Waals surface area contributed by atoms with Gasteiger partial charge in [-0.2, -0.15) is 5.26 Å². The second-order valence-corrected chi connectivity index (χ2v) is 6.23. The van der Waals surface area contributed by atoms with E-state index in [1.165, 1.54) is 0 Å². The largest absolute Gasteiger partial charge is 0.381 e. The molecule has 4 heteroatoms. The van der Waals surface area contributed by atoms with Crippen LogP contribution < -0.4 is 5.32 Å². The first kappa shape index (κ1) is 15.8. The summed E-state index contributed by atoms with van der Waals surface area (Å²) in [5, 5.41) is 13.0. The predicted molar refractivity (Wildman–Crippen MR) is 78.4 cm³/mol. The van der Waals surface area contributed by atoms with Crippen LogP contribution in [0.4, 0.5) is 0 Å². The SMILES string of the molecule is CCCNC1(C#N)CCCC(OCC2CCOCC2)C1. The third-order valence-electron chi connectivity index (χ3n) is 4.54. The van der Waals surface area contributed by atoms with Crippen LogP contribution in [0.1, 0.15) is 51.9 Å². The lowest BCUT2D eigenvalue weighted by Gasteiger charge is -2.37. The van der Waals surface area contributed by atoms with E-state index in [-0.39, 0.29) is 11.6 Å². The van der Waals surface area contributed by atoms with Crippen molar-refractivity contribution < 1.29 is 9.47 Å². The normalized spacial score (nSPS) is 31.9. The monoisotopic (exact) mass is 280 g/mol. The second kappa shape index (κ2) is 7.97. The lowest BCUT2D eigenvalue weighted by molar-refractivity contribution is -0.0327. The quantitative estimate of drug-likeness (QED) is 0.812. The Hall–Kier alpha value is -0.630. The van der Waals surface area contributed by atoms with Crippen LogP contribution in [0.3, 0.4) is 0 Å². The van der Waals surface area contributed by atoms with Crippen molar-refractivity contribution in [3.05, 3.63) is 0 Å². The molecule has 2 fully saturated rings. The minimum atomic E-state index is -0.353. The van der Waals surface area contributed by atoms with Crippen LogP contribution in [-0.2, 0) is 9.47 Å². The van der Waals surface area contributed by atoms with Gasteiger partial charge in [-0.05, 0) is 51.0 Å². The molecule has 0 aromatic carbocycles. The van der Waals surface area contributed by atoms with E-state index in [1.54, 1.807) is 0 Å². The summed E-state index contributed by atoms with van der Waals surface area (Å²) in [5.41, 5.74) is -0.353. The van der Waals surface area contributed by atoms with Crippen molar-refractivity contribution in [2.45, 2.75) is 63.5 Å². The molecule has 0 aromatic rings. The molecule has 2 aliphatic rings. The van der Waals surface area contributed by atoms with Gasteiger partial charge in [0.05, 0.1) is 12.2 Å². The number of nitrogens with one attached hydrogen (secondary N) is 1. The number of hydrogen-bond donors (Lipinski definition) is 1. The average Bonchev–Trinajstić information content (AvgIpc) is 2.52. The Labute approximate surface area is 122 Å². The molecule has 4 nitrogen and oxygen atoms in total. The zero-order valence-corrected chi connectivity index (χ0v) is 12.7. The first-order chi connectivity index (χ1) is 9.78. The van der Waals surface area contributed by atoms with E-state index in [0.717, 1.165) is 71.3 Å². The van der Waals surface area contributed by atoms with Gasteiger partial charge in [0.15, 0.2) is 0 Å². The van der Waals surface area contributed by atoms with Crippen LogP contribution in [0.25, 0.3) is 0 Å². The van der Waals surface area contributed by atoms with Gasteiger partial charge in [-0.1, -0.05) is 6.92 Å². The van der Waals surface area contributed by atoms with Crippen molar-refractivity contribution in [2.75, 3.05) is 26.4 Å². The van der Waals surface area contributed by atoms with Crippen LogP contribution in [-0.4, -0.2) is 38.0 Å². The Morgan fingerprint density at radius 1 is 1.35 bits per heavy atom. The van der Waals surface area contributed by atoms with E-state index in [9.17, 15) is 5.26 Å². The van der Waals surface area contributed by atoms with Gasteiger partial charge in [0.25, 0.3) is 0 Å². The Bertz CT molecular complexity index is 323. The highest BCUT2D eigenvalue weighted by molar-refractivity contribution is 5.10. The van der Waals surface area contributed by atoms with E-state index >= 15 is 0 Å². The molecule has 2 unspecified atom stereocenters. The van der Waals surface area contributed by atoms with Crippen LogP contribution >= 0.6 is 0 Å². The highest BCUT2D eigenvalue weighted by Gasteiger charge is 2.36. The number of nitriles is 1. The van der Waals surface area contributed by atoms with E-state index in [4.69, 9.17) is 9.47 Å². The Morgan fingerprint density at radius 3 is 2.85 bits per heavy atom. The predicted octanol–water partition coefficient (Wildman–Crippen LogP) is 2.63. The molecule has 0 amide bonds. The first-order valence-electron chi connectivity index (χ1n) is 8.13. The number of nitrogens with zero attached hydrogens (tertiary/aromatic N) is 1. The summed E-state index contributed by atoms with van der Waals surface area (Å²) in [7, 11) is 0. The Balaban J connectivity index is 1.78. The summed E-state index contributed by atoms with van der Waals surface area (Å²) in [5.74, 6) is 0.644. The van der Waals surface area contributed by atoms with Crippen molar-refractivity contribution in [2.24, 2.45) is 5.92 Å². The summed E-state index contributed by atoms with van der Waals surface area (Å²) in [6.07, 6.45) is 7.53. The molecule has 1 saturated heterocycles. The molecule has 114 valence electrons. The zero-order chi connectivity index (χ0) is 14.3. The molecule has 2 atom stereocenters. The maximum atomic E-state index is 9.52. The van der Waals surface area contributed by atoms with Gasteiger partial charge in [-0.25, -0.2) is 0 Å². The lowest BCUT2D eigenvalue weighted by Crippen LogP contribution is -2.49. The lowest BCUT2D eigenvalue weighted by atomic mass is 9.81. The second-order valence-electron chi connectivity index (χ2n) is 6.23. The molecule has 1 saturated carbocycles. The molecule has 20 heavy (non-hydrogen) atoms. The smallest absolute Gasteiger partial charge is 0.109 e. The van der Waals surface area contributed by atoms with E-state index in [2.05, 4.69) is 18.3 Å². The Morgan fingerprint density at radius 2 is 2.15 bits per heavy atom. The van der Waals surface area contributed by atoms with Crippen molar-refractivity contribution >= 4 is 0 Å². The van der Waals surface area contributed by atoms with Crippen molar-refractivity contribution in [3.63, 3.8) is 0 Å². The fraction of sp³-hybridized carbons (Fsp3) is 0.938. The minimum Gasteiger partial charge on any atom is -0.381 e. The summed E-state index contributed by atoms with van der Waals surface area (Å²) in [6, 6.07) is 2.51. The van der Waals surface area contributed by atoms with E-state index < -0.39 is 0 Å². The highest BCUT2D eigenvalue weighted by atomic mass is 16.5. The van der Waals surface area contributed by atoms with Crippen LogP contribution in [0.2, 0.25) is 0 Å². The molecule has 2 rings (SSSR count). The van der Waals surface area contributed by atoms with Crippen molar-refractivity contribution in [1.29, 1.82) is 5.26 Å². The molecular weight excluding hydrogens is 252 g/mol. The maximum absolute atomic E-state index is 9.52. The molecule has 1 aliphatic heterocycles. The summed E-state index contributed by atoms with van der Waals surface area (Å²) < 4.78 is 11.5. The van der Waals surface area contributed by atoms with Crippen LogP contribution in [0, 0.1) is 17.2 Å². The zero-order valence-electron chi connectivity index (χ0n) is 12.7. The van der Waals surface area contributed by atoms with Crippen LogP contribution in [0.15, 0.2) is 0 Å². The fourth-order valence-corrected chi connectivity index (χ4v) is 3.22. The minimum absolute atomic E-state index is 0.246. The topological polar surface area (TPSA) is 54.3 Å². The molecular formula is C16H28N2O2. The van der Waals surface area contributed by atoms with Gasteiger partial charge in [0, 0.05) is 26.2 Å². The van der Waals surface area contributed by atoms with Gasteiger partial charge in [-0.15, -0.1) is 0 Å². The van der Waals surface area contributed by atoms with Gasteiger partial charge in [-0.3, -0.25) is 5.32 Å². The first-order valence-corrected chi connectivity index (χ1v) is 8.13. The molecule has 0 radical (unpaired) electrons. The van der Waals surface area contributed by atoms with Crippen molar-refractivity contribution in [1.82, 2.24) is 5.32 Å². The van der Waals surface area contributed by atoms with Crippen molar-refractivity contribution in [3.8, 4) is 6.07 Å². The standard InChI is InChI=1S/C16H28N2O2/c1-2-8-18-16(13-17)7-3-4-15(11-16)20-12-14-5-9-19-10-6-14/h14-15,18H,2-12H2,1H3. The van der Waals surface area contributed by atoms with Gasteiger partial charge < -0.3 is 9.47 Å². The number of ether oxygens (including phenoxy) is 2. The summed E-state index contributed by atoms with van der Waals surface area (Å²) >= 11 is 0. The third kappa shape index (κ3) is 4.44. The molecule has 1 heterocycles. The molecule has 1 N–H and O–H groups in total. The van der Waals surface area contributed by atoms with Gasteiger partial charge in [0.1, 0.15) is 5.54 Å². The van der Waals surface area contributed by atoms with E-state index in [1.807, 2.05) is 0 Å². The summed E-state index contributed by atoms with van der Waals surface area (Å²) in [6.45, 7) is 5.64. The number of rotatable bonds is 6. The fourth-order valence-electron chi connectivity index (χ4n) is 3.22. The molecule has 0 spiro atoms. The molecule has 0 aromatic heterocycles. The number of hydrogen-bond acceptors (Lipinski definition) is 4. The molecule has 1 aliphatic carbocycles. The molecule has 0 bridgehead atoms. The summed E-state index contributed by atoms with van der Waals surface area (Å²) in [4.78, 5) is 0. The Kier molecular flexibility index (Phi) is 6.28. The van der Waals surface area contributed by atoms with E-state index in [0.29, 0.717) is 5.92 Å². The van der Waals surface area contributed by atoms with Gasteiger partial charge in [0.2, 0.25) is 0 Å². The average molecular weight is 280 g/mol. The third-order valence-corrected chi connectivity index (χ3v) is 4.54. The van der Waals surface area contributed by atoms with Gasteiger partial charge >= 0.3 is 0 Å².